The Bertz CT molecular complexity index is 516. The van der Waals surface area contributed by atoms with Crippen LogP contribution in [0, 0.1) is 0 Å². The van der Waals surface area contributed by atoms with Crippen molar-refractivity contribution in [3.05, 3.63) is 30.3 Å². The molecule has 1 aliphatic heterocycles. The summed E-state index contributed by atoms with van der Waals surface area (Å²) in [5.41, 5.74) is 0. The van der Waals surface area contributed by atoms with E-state index in [1.807, 2.05) is 37.3 Å². The lowest BCUT2D eigenvalue weighted by Crippen LogP contribution is -2.49. The first-order valence-electron chi connectivity index (χ1n) is 9.69. The maximum atomic E-state index is 5.90. The van der Waals surface area contributed by atoms with E-state index in [4.69, 9.17) is 14.5 Å². The number of aliphatic imine (C=N–C) groups is 1. The van der Waals surface area contributed by atoms with Gasteiger partial charge in [0, 0.05) is 39.3 Å². The van der Waals surface area contributed by atoms with E-state index in [1.165, 1.54) is 0 Å². The highest BCUT2D eigenvalue weighted by molar-refractivity contribution is 5.80. The zero-order chi connectivity index (χ0) is 18.6. The fraction of sp³-hybridized carbons (Fsp3) is 0.650. The predicted molar refractivity (Wildman–Crippen MR) is 107 cm³/mol. The second kappa shape index (κ2) is 11.8. The lowest BCUT2D eigenvalue weighted by atomic mass is 10.1. The third-order valence-electron chi connectivity index (χ3n) is 4.47. The summed E-state index contributed by atoms with van der Waals surface area (Å²) in [6.45, 7) is 9.65. The highest BCUT2D eigenvalue weighted by Gasteiger charge is 2.19. The van der Waals surface area contributed by atoms with Gasteiger partial charge in [-0.1, -0.05) is 18.2 Å². The Morgan fingerprint density at radius 2 is 2.00 bits per heavy atom. The summed E-state index contributed by atoms with van der Waals surface area (Å²) in [6, 6.07) is 10.4. The van der Waals surface area contributed by atoms with Crippen LogP contribution in [-0.2, 0) is 4.74 Å². The van der Waals surface area contributed by atoms with Crippen LogP contribution in [0.1, 0.15) is 26.7 Å². The Kier molecular flexibility index (Phi) is 9.28. The molecule has 6 nitrogen and oxygen atoms in total. The number of guanidine groups is 1. The van der Waals surface area contributed by atoms with Crippen molar-refractivity contribution in [3.8, 4) is 5.75 Å². The van der Waals surface area contributed by atoms with E-state index in [0.717, 1.165) is 57.3 Å². The van der Waals surface area contributed by atoms with Crippen molar-refractivity contribution >= 4 is 5.96 Å². The molecular weight excluding hydrogens is 328 g/mol. The van der Waals surface area contributed by atoms with Gasteiger partial charge in [0.15, 0.2) is 5.96 Å². The Morgan fingerprint density at radius 3 is 2.65 bits per heavy atom. The molecule has 146 valence electrons. The third kappa shape index (κ3) is 7.62. The molecule has 1 saturated heterocycles. The molecule has 1 atom stereocenters. The van der Waals surface area contributed by atoms with E-state index in [1.54, 1.807) is 7.11 Å². The van der Waals surface area contributed by atoms with Crippen molar-refractivity contribution in [2.24, 2.45) is 4.99 Å². The van der Waals surface area contributed by atoms with Gasteiger partial charge in [0.05, 0.1) is 13.2 Å². The van der Waals surface area contributed by atoms with Crippen molar-refractivity contribution < 1.29 is 9.47 Å². The molecule has 1 aromatic rings. The average Bonchev–Trinajstić information content (AvgIpc) is 2.66. The first-order valence-corrected chi connectivity index (χ1v) is 9.69. The SMILES string of the molecule is CCNC(=NCC(C)Oc1ccccc1)NC1CCN(CCOC)CC1. The molecule has 1 unspecified atom stereocenters. The van der Waals surface area contributed by atoms with E-state index in [0.29, 0.717) is 12.6 Å². The standard InChI is InChI=1S/C20H34N4O2/c1-4-21-20(22-16-17(2)26-19-8-6-5-7-9-19)23-18-10-12-24(13-11-18)14-15-25-3/h5-9,17-18H,4,10-16H2,1-3H3,(H2,21,22,23). The predicted octanol–water partition coefficient (Wildman–Crippen LogP) is 2.12. The molecule has 0 aromatic heterocycles. The smallest absolute Gasteiger partial charge is 0.191 e. The van der Waals surface area contributed by atoms with Crippen LogP contribution in [-0.4, -0.2) is 69.4 Å². The Morgan fingerprint density at radius 1 is 1.27 bits per heavy atom. The van der Waals surface area contributed by atoms with Crippen LogP contribution in [0.25, 0.3) is 0 Å². The van der Waals surface area contributed by atoms with Crippen molar-refractivity contribution in [1.82, 2.24) is 15.5 Å². The maximum absolute atomic E-state index is 5.90. The molecule has 1 aromatic carbocycles. The monoisotopic (exact) mass is 362 g/mol. The van der Waals surface area contributed by atoms with Gasteiger partial charge in [-0.25, -0.2) is 4.99 Å². The Hall–Kier alpha value is -1.79. The van der Waals surface area contributed by atoms with Gasteiger partial charge in [-0.05, 0) is 38.8 Å². The number of para-hydroxylation sites is 1. The number of methoxy groups -OCH3 is 1. The van der Waals surface area contributed by atoms with Crippen molar-refractivity contribution in [2.45, 2.75) is 38.8 Å². The van der Waals surface area contributed by atoms with E-state index in [-0.39, 0.29) is 6.10 Å². The minimum Gasteiger partial charge on any atom is -0.489 e. The van der Waals surface area contributed by atoms with Crippen LogP contribution in [0.15, 0.2) is 35.3 Å². The number of ether oxygens (including phenoxy) is 2. The van der Waals surface area contributed by atoms with Crippen molar-refractivity contribution in [1.29, 1.82) is 0 Å². The second-order valence-corrected chi connectivity index (χ2v) is 6.71. The van der Waals surface area contributed by atoms with Crippen LogP contribution in [0.5, 0.6) is 5.75 Å². The maximum Gasteiger partial charge on any atom is 0.191 e. The molecule has 0 saturated carbocycles. The number of piperidine rings is 1. The van der Waals surface area contributed by atoms with Gasteiger partial charge in [-0.15, -0.1) is 0 Å². The quantitative estimate of drug-likeness (QED) is 0.521. The summed E-state index contributed by atoms with van der Waals surface area (Å²) < 4.78 is 11.1. The molecule has 1 heterocycles. The van der Waals surface area contributed by atoms with Gasteiger partial charge in [-0.2, -0.15) is 0 Å². The molecule has 0 aliphatic carbocycles. The number of nitrogens with zero attached hydrogens (tertiary/aromatic N) is 2. The minimum atomic E-state index is 0.0312. The summed E-state index contributed by atoms with van der Waals surface area (Å²) in [5.74, 6) is 1.77. The molecule has 0 bridgehead atoms. The van der Waals surface area contributed by atoms with Crippen molar-refractivity contribution in [2.75, 3.05) is 46.4 Å². The van der Waals surface area contributed by atoms with Crippen LogP contribution in [0.3, 0.4) is 0 Å². The highest BCUT2D eigenvalue weighted by Crippen LogP contribution is 2.11. The fourth-order valence-electron chi connectivity index (χ4n) is 3.02. The topological polar surface area (TPSA) is 58.1 Å². The average molecular weight is 363 g/mol. The number of rotatable bonds is 9. The van der Waals surface area contributed by atoms with Crippen LogP contribution in [0.4, 0.5) is 0 Å². The van der Waals surface area contributed by atoms with Crippen LogP contribution in [0.2, 0.25) is 0 Å². The third-order valence-corrected chi connectivity index (χ3v) is 4.47. The summed E-state index contributed by atoms with van der Waals surface area (Å²) in [6.07, 6.45) is 2.29. The van der Waals surface area contributed by atoms with Crippen molar-refractivity contribution in [3.63, 3.8) is 0 Å². The number of hydrogen-bond acceptors (Lipinski definition) is 4. The highest BCUT2D eigenvalue weighted by atomic mass is 16.5. The first-order chi connectivity index (χ1) is 12.7. The number of nitrogens with one attached hydrogen (secondary N) is 2. The summed E-state index contributed by atoms with van der Waals surface area (Å²) >= 11 is 0. The van der Waals surface area contributed by atoms with E-state index >= 15 is 0 Å². The Balaban J connectivity index is 1.77. The van der Waals surface area contributed by atoms with Gasteiger partial charge in [0.2, 0.25) is 0 Å². The Labute approximate surface area is 158 Å². The van der Waals surface area contributed by atoms with Gasteiger partial charge >= 0.3 is 0 Å². The van der Waals surface area contributed by atoms with Gasteiger partial charge in [0.1, 0.15) is 11.9 Å². The molecule has 0 amide bonds. The molecule has 2 N–H and O–H groups in total. The van der Waals surface area contributed by atoms with Gasteiger partial charge in [-0.3, -0.25) is 0 Å². The van der Waals surface area contributed by atoms with E-state index in [2.05, 4.69) is 22.5 Å². The van der Waals surface area contributed by atoms with Gasteiger partial charge < -0.3 is 25.0 Å². The summed E-state index contributed by atoms with van der Waals surface area (Å²) in [4.78, 5) is 7.17. The number of likely N-dealkylation sites (tertiary alicyclic amines) is 1. The van der Waals surface area contributed by atoms with Gasteiger partial charge in [0.25, 0.3) is 0 Å². The first kappa shape index (κ1) is 20.5. The largest absolute Gasteiger partial charge is 0.489 e. The molecule has 2 rings (SSSR count). The fourth-order valence-corrected chi connectivity index (χ4v) is 3.02. The van der Waals surface area contributed by atoms with E-state index in [9.17, 15) is 0 Å². The molecule has 6 heteroatoms. The second-order valence-electron chi connectivity index (χ2n) is 6.71. The molecule has 0 radical (unpaired) electrons. The normalized spacial score (nSPS) is 17.7. The molecule has 0 spiro atoms. The van der Waals surface area contributed by atoms with Crippen LogP contribution < -0.4 is 15.4 Å². The lowest BCUT2D eigenvalue weighted by Gasteiger charge is -2.32. The zero-order valence-electron chi connectivity index (χ0n) is 16.4. The number of benzene rings is 1. The molecule has 1 aliphatic rings. The lowest BCUT2D eigenvalue weighted by molar-refractivity contribution is 0.128. The van der Waals surface area contributed by atoms with Crippen LogP contribution >= 0.6 is 0 Å². The summed E-state index contributed by atoms with van der Waals surface area (Å²) in [7, 11) is 1.76. The molecule has 1 fully saturated rings. The zero-order valence-corrected chi connectivity index (χ0v) is 16.4. The molecular formula is C20H34N4O2. The minimum absolute atomic E-state index is 0.0312. The number of hydrogen-bond donors (Lipinski definition) is 2. The van der Waals surface area contributed by atoms with E-state index < -0.39 is 0 Å². The summed E-state index contributed by atoms with van der Waals surface area (Å²) in [5, 5.41) is 6.92. The molecule has 26 heavy (non-hydrogen) atoms.